The van der Waals surface area contributed by atoms with Gasteiger partial charge in [0.2, 0.25) is 0 Å². The van der Waals surface area contributed by atoms with E-state index < -0.39 is 5.82 Å². The zero-order valence-corrected chi connectivity index (χ0v) is 15.6. The van der Waals surface area contributed by atoms with Crippen molar-refractivity contribution in [3.63, 3.8) is 0 Å². The average molecular weight is 380 g/mol. The molecular weight excluding hydrogens is 359 g/mol. The van der Waals surface area contributed by atoms with Crippen molar-refractivity contribution in [1.29, 1.82) is 0 Å². The Morgan fingerprint density at radius 3 is 2.46 bits per heavy atom. The number of piperazine rings is 1. The van der Waals surface area contributed by atoms with Crippen molar-refractivity contribution in [2.75, 3.05) is 26.2 Å². The highest BCUT2D eigenvalue weighted by Gasteiger charge is 2.25. The van der Waals surface area contributed by atoms with Crippen LogP contribution in [-0.2, 0) is 6.54 Å². The fourth-order valence-electron chi connectivity index (χ4n) is 3.30. The minimum atomic E-state index is -0.479. The highest BCUT2D eigenvalue weighted by Crippen LogP contribution is 2.15. The van der Waals surface area contributed by atoms with Crippen LogP contribution in [0.4, 0.5) is 4.39 Å². The lowest BCUT2D eigenvalue weighted by molar-refractivity contribution is 0.0620. The number of carbonyl (C=O) groups excluding carboxylic acids is 1. The number of amides is 1. The smallest absolute Gasteiger partial charge is 0.256 e. The van der Waals surface area contributed by atoms with Crippen LogP contribution in [0.15, 0.2) is 48.5 Å². The SMILES string of the molecule is Cc1ccc(-n2nnnc2CN2CCN(C(=O)c3ccccc3F)CC2)cc1. The maximum atomic E-state index is 13.9. The monoisotopic (exact) mass is 380 g/mol. The zero-order valence-electron chi connectivity index (χ0n) is 15.6. The third kappa shape index (κ3) is 3.77. The normalized spacial score (nSPS) is 15.0. The van der Waals surface area contributed by atoms with Gasteiger partial charge in [0.25, 0.3) is 5.91 Å². The molecule has 0 atom stereocenters. The topological polar surface area (TPSA) is 67.2 Å². The second-order valence-corrected chi connectivity index (χ2v) is 6.89. The van der Waals surface area contributed by atoms with Gasteiger partial charge in [-0.25, -0.2) is 4.39 Å². The standard InChI is InChI=1S/C20H21FN6O/c1-15-6-8-16(9-7-15)27-19(22-23-24-27)14-25-10-12-26(13-11-25)20(28)17-4-2-3-5-18(17)21/h2-9H,10-14H2,1H3. The van der Waals surface area contributed by atoms with Gasteiger partial charge in [-0.3, -0.25) is 9.69 Å². The van der Waals surface area contributed by atoms with Gasteiger partial charge >= 0.3 is 0 Å². The second-order valence-electron chi connectivity index (χ2n) is 6.89. The molecular formula is C20H21FN6O. The van der Waals surface area contributed by atoms with E-state index >= 15 is 0 Å². The summed E-state index contributed by atoms with van der Waals surface area (Å²) in [6, 6.07) is 14.1. The summed E-state index contributed by atoms with van der Waals surface area (Å²) >= 11 is 0. The van der Waals surface area contributed by atoms with E-state index in [1.807, 2.05) is 31.2 Å². The number of hydrogen-bond acceptors (Lipinski definition) is 5. The van der Waals surface area contributed by atoms with Crippen LogP contribution in [0.5, 0.6) is 0 Å². The molecule has 144 valence electrons. The third-order valence-corrected chi connectivity index (χ3v) is 4.94. The second kappa shape index (κ2) is 7.85. The molecule has 1 aromatic heterocycles. The molecule has 28 heavy (non-hydrogen) atoms. The first-order chi connectivity index (χ1) is 13.6. The molecule has 8 heteroatoms. The van der Waals surface area contributed by atoms with Crippen molar-refractivity contribution < 1.29 is 9.18 Å². The maximum Gasteiger partial charge on any atom is 0.256 e. The van der Waals surface area contributed by atoms with Crippen LogP contribution in [0.1, 0.15) is 21.7 Å². The summed E-state index contributed by atoms with van der Waals surface area (Å²) in [6.07, 6.45) is 0. The molecule has 0 N–H and O–H groups in total. The number of hydrogen-bond donors (Lipinski definition) is 0. The molecule has 0 aliphatic carbocycles. The van der Waals surface area contributed by atoms with Crippen LogP contribution >= 0.6 is 0 Å². The van der Waals surface area contributed by atoms with Gasteiger partial charge in [0.05, 0.1) is 17.8 Å². The molecule has 4 rings (SSSR count). The fourth-order valence-corrected chi connectivity index (χ4v) is 3.30. The van der Waals surface area contributed by atoms with E-state index in [9.17, 15) is 9.18 Å². The number of aromatic nitrogens is 4. The predicted molar refractivity (Wildman–Crippen MR) is 101 cm³/mol. The molecule has 2 heterocycles. The summed E-state index contributed by atoms with van der Waals surface area (Å²) < 4.78 is 15.6. The van der Waals surface area contributed by atoms with E-state index in [1.54, 1.807) is 21.7 Å². The maximum absolute atomic E-state index is 13.9. The molecule has 2 aromatic carbocycles. The molecule has 0 unspecified atom stereocenters. The Labute approximate surface area is 162 Å². The molecule has 1 aliphatic heterocycles. The highest BCUT2D eigenvalue weighted by atomic mass is 19.1. The van der Waals surface area contributed by atoms with E-state index in [1.165, 1.54) is 17.7 Å². The van der Waals surface area contributed by atoms with Crippen molar-refractivity contribution in [1.82, 2.24) is 30.0 Å². The lowest BCUT2D eigenvalue weighted by Crippen LogP contribution is -2.48. The Balaban J connectivity index is 1.39. The largest absolute Gasteiger partial charge is 0.336 e. The lowest BCUT2D eigenvalue weighted by Gasteiger charge is -2.34. The molecule has 0 bridgehead atoms. The van der Waals surface area contributed by atoms with E-state index in [0.29, 0.717) is 32.7 Å². The first-order valence-electron chi connectivity index (χ1n) is 9.22. The highest BCUT2D eigenvalue weighted by molar-refractivity contribution is 5.94. The number of tetrazole rings is 1. The van der Waals surface area contributed by atoms with E-state index in [2.05, 4.69) is 20.4 Å². The van der Waals surface area contributed by atoms with Crippen molar-refractivity contribution in [2.24, 2.45) is 0 Å². The Morgan fingerprint density at radius 1 is 1.04 bits per heavy atom. The summed E-state index contributed by atoms with van der Waals surface area (Å²) in [7, 11) is 0. The Bertz CT molecular complexity index is 963. The van der Waals surface area contributed by atoms with Crippen LogP contribution in [0.3, 0.4) is 0 Å². The number of carbonyl (C=O) groups is 1. The molecule has 7 nitrogen and oxygen atoms in total. The van der Waals surface area contributed by atoms with Gasteiger partial charge in [0, 0.05) is 26.2 Å². The van der Waals surface area contributed by atoms with Gasteiger partial charge in [-0.05, 0) is 41.6 Å². The van der Waals surface area contributed by atoms with Crippen LogP contribution < -0.4 is 0 Å². The van der Waals surface area contributed by atoms with Crippen LogP contribution in [0, 0.1) is 12.7 Å². The van der Waals surface area contributed by atoms with Crippen LogP contribution in [0.25, 0.3) is 5.69 Å². The van der Waals surface area contributed by atoms with Gasteiger partial charge in [0.1, 0.15) is 5.82 Å². The van der Waals surface area contributed by atoms with Crippen molar-refractivity contribution in [3.8, 4) is 5.69 Å². The van der Waals surface area contributed by atoms with E-state index in [4.69, 9.17) is 0 Å². The van der Waals surface area contributed by atoms with Crippen molar-refractivity contribution in [3.05, 3.63) is 71.3 Å². The van der Waals surface area contributed by atoms with Crippen LogP contribution in [0.2, 0.25) is 0 Å². The predicted octanol–water partition coefficient (Wildman–Crippen LogP) is 2.07. The van der Waals surface area contributed by atoms with Crippen molar-refractivity contribution >= 4 is 5.91 Å². The molecule has 1 saturated heterocycles. The molecule has 0 spiro atoms. The molecule has 0 radical (unpaired) electrons. The first kappa shape index (κ1) is 18.2. The molecule has 1 fully saturated rings. The Morgan fingerprint density at radius 2 is 1.75 bits per heavy atom. The average Bonchev–Trinajstić information content (AvgIpc) is 3.17. The Kier molecular flexibility index (Phi) is 5.12. The summed E-state index contributed by atoms with van der Waals surface area (Å²) in [5.74, 6) is 0.00664. The molecule has 1 amide bonds. The zero-order chi connectivity index (χ0) is 19.5. The number of nitrogens with zero attached hydrogens (tertiary/aromatic N) is 6. The molecule has 0 saturated carbocycles. The first-order valence-corrected chi connectivity index (χ1v) is 9.22. The van der Waals surface area contributed by atoms with Gasteiger partial charge in [0.15, 0.2) is 5.82 Å². The van der Waals surface area contributed by atoms with Gasteiger partial charge < -0.3 is 4.90 Å². The quantitative estimate of drug-likeness (QED) is 0.693. The van der Waals surface area contributed by atoms with E-state index in [-0.39, 0.29) is 11.5 Å². The minimum Gasteiger partial charge on any atom is -0.336 e. The van der Waals surface area contributed by atoms with E-state index in [0.717, 1.165) is 11.5 Å². The van der Waals surface area contributed by atoms with Crippen LogP contribution in [-0.4, -0.2) is 62.1 Å². The van der Waals surface area contributed by atoms with Crippen molar-refractivity contribution in [2.45, 2.75) is 13.5 Å². The molecule has 1 aliphatic rings. The lowest BCUT2D eigenvalue weighted by atomic mass is 10.1. The third-order valence-electron chi connectivity index (χ3n) is 4.94. The number of benzene rings is 2. The van der Waals surface area contributed by atoms with Gasteiger partial charge in [-0.2, -0.15) is 4.68 Å². The Hall–Kier alpha value is -3.13. The fraction of sp³-hybridized carbons (Fsp3) is 0.300. The summed E-state index contributed by atoms with van der Waals surface area (Å²) in [4.78, 5) is 16.4. The minimum absolute atomic E-state index is 0.124. The van der Waals surface area contributed by atoms with Gasteiger partial charge in [-0.1, -0.05) is 29.8 Å². The van der Waals surface area contributed by atoms with Gasteiger partial charge in [-0.15, -0.1) is 5.10 Å². The molecule has 3 aromatic rings. The number of halogens is 1. The summed E-state index contributed by atoms with van der Waals surface area (Å²) in [5, 5.41) is 12.1. The number of rotatable bonds is 4. The summed E-state index contributed by atoms with van der Waals surface area (Å²) in [5.41, 5.74) is 2.22. The number of aryl methyl sites for hydroxylation is 1. The summed E-state index contributed by atoms with van der Waals surface area (Å²) in [6.45, 7) is 5.06.